The summed E-state index contributed by atoms with van der Waals surface area (Å²) in [5.41, 5.74) is 2.75. The van der Waals surface area contributed by atoms with Crippen LogP contribution in [0.4, 0.5) is 5.95 Å². The van der Waals surface area contributed by atoms with Gasteiger partial charge < -0.3 is 15.0 Å². The smallest absolute Gasteiger partial charge is 0.204 e. The molecule has 1 heterocycles. The second-order valence-corrected chi connectivity index (χ2v) is 10.8. The van der Waals surface area contributed by atoms with Crippen molar-refractivity contribution in [3.8, 4) is 5.75 Å². The molecule has 3 rings (SSSR count). The molecule has 36 heavy (non-hydrogen) atoms. The molecule has 1 aromatic heterocycles. The van der Waals surface area contributed by atoms with E-state index in [1.165, 1.54) is 83.5 Å². The molecule has 6 heteroatoms. The van der Waals surface area contributed by atoms with Crippen LogP contribution in [0.15, 0.2) is 36.4 Å². The van der Waals surface area contributed by atoms with E-state index in [1.54, 1.807) is 12.1 Å². The monoisotopic (exact) mass is 531 g/mol. The number of rotatable bonds is 18. The number of halogens is 2. The summed E-state index contributed by atoms with van der Waals surface area (Å²) in [6.45, 7) is 3.60. The average molecular weight is 533 g/mol. The largest absolute Gasteiger partial charge is 0.506 e. The van der Waals surface area contributed by atoms with E-state index in [0.717, 1.165) is 29.9 Å². The zero-order valence-corrected chi connectivity index (χ0v) is 23.4. The molecule has 0 saturated heterocycles. The molecule has 2 N–H and O–H groups in total. The Labute approximate surface area is 227 Å². The molecular weight excluding hydrogens is 489 g/mol. The lowest BCUT2D eigenvalue weighted by atomic mass is 10.0. The SMILES string of the molecule is CCCCCCCCCCCCCCCCn1c(NCc2cc(Cl)cc(Cl)c2O)nc2ccccc21. The number of fused-ring (bicyclic) bond motifs is 1. The predicted octanol–water partition coefficient (Wildman–Crippen LogP) is 10.1. The number of hydrogen-bond donors (Lipinski definition) is 2. The first-order chi connectivity index (χ1) is 17.6. The van der Waals surface area contributed by atoms with Gasteiger partial charge in [0.2, 0.25) is 5.95 Å². The summed E-state index contributed by atoms with van der Waals surface area (Å²) in [4.78, 5) is 4.79. The fourth-order valence-corrected chi connectivity index (χ4v) is 5.37. The van der Waals surface area contributed by atoms with Gasteiger partial charge >= 0.3 is 0 Å². The molecule has 0 saturated carbocycles. The summed E-state index contributed by atoms with van der Waals surface area (Å²) in [5, 5.41) is 14.4. The Balaban J connectivity index is 1.39. The standard InChI is InChI=1S/C30H43Cl2N3O/c1-2-3-4-5-6-7-8-9-10-11-12-13-14-17-20-35-28-19-16-15-18-27(28)34-30(35)33-23-24-21-25(31)22-26(32)29(24)36/h15-16,18-19,21-22,36H,2-14,17,20,23H2,1H3,(H,33,34). The second-order valence-electron chi connectivity index (χ2n) is 9.92. The summed E-state index contributed by atoms with van der Waals surface area (Å²) in [6, 6.07) is 11.5. The Morgan fingerprint density at radius 3 is 2.03 bits per heavy atom. The van der Waals surface area contributed by atoms with Crippen LogP contribution in [0.25, 0.3) is 11.0 Å². The third-order valence-corrected chi connectivity index (χ3v) is 7.44. The molecule has 0 radical (unpaired) electrons. The topological polar surface area (TPSA) is 50.1 Å². The number of aryl methyl sites for hydroxylation is 1. The van der Waals surface area contributed by atoms with Crippen molar-refractivity contribution >= 4 is 40.2 Å². The van der Waals surface area contributed by atoms with E-state index in [9.17, 15) is 5.11 Å². The van der Waals surface area contributed by atoms with Crippen LogP contribution in [0.2, 0.25) is 10.0 Å². The van der Waals surface area contributed by atoms with Gasteiger partial charge in [-0.15, -0.1) is 0 Å². The van der Waals surface area contributed by atoms with Crippen molar-refractivity contribution in [1.82, 2.24) is 9.55 Å². The van der Waals surface area contributed by atoms with Gasteiger partial charge in [0.15, 0.2) is 0 Å². The summed E-state index contributed by atoms with van der Waals surface area (Å²) in [7, 11) is 0. The fraction of sp³-hybridized carbons (Fsp3) is 0.567. The van der Waals surface area contributed by atoms with Crippen LogP contribution < -0.4 is 5.32 Å². The van der Waals surface area contributed by atoms with E-state index in [1.807, 2.05) is 12.1 Å². The van der Waals surface area contributed by atoms with Gasteiger partial charge in [0.1, 0.15) is 5.75 Å². The number of anilines is 1. The minimum Gasteiger partial charge on any atom is -0.506 e. The van der Waals surface area contributed by atoms with Gasteiger partial charge in [0, 0.05) is 23.7 Å². The Bertz CT molecular complexity index is 1050. The highest BCUT2D eigenvalue weighted by Crippen LogP contribution is 2.32. The van der Waals surface area contributed by atoms with Crippen molar-refractivity contribution in [2.24, 2.45) is 0 Å². The molecule has 0 spiro atoms. The summed E-state index contributed by atoms with van der Waals surface area (Å²) in [5.74, 6) is 0.865. The maximum atomic E-state index is 10.3. The molecule has 3 aromatic rings. The number of phenolic OH excluding ortho intramolecular Hbond substituents is 1. The van der Waals surface area contributed by atoms with Crippen LogP contribution in [0.3, 0.4) is 0 Å². The second kappa shape index (κ2) is 16.0. The number of para-hydroxylation sites is 2. The van der Waals surface area contributed by atoms with Gasteiger partial charge in [-0.05, 0) is 30.7 Å². The summed E-state index contributed by atoms with van der Waals surface area (Å²) < 4.78 is 2.25. The van der Waals surface area contributed by atoms with E-state index in [0.29, 0.717) is 17.1 Å². The van der Waals surface area contributed by atoms with Gasteiger partial charge in [-0.1, -0.05) is 126 Å². The Kier molecular flexibility index (Phi) is 12.8. The summed E-state index contributed by atoms with van der Waals surface area (Å²) in [6.07, 6.45) is 19.0. The molecule has 0 aliphatic heterocycles. The molecule has 0 atom stereocenters. The molecule has 198 valence electrons. The number of imidazole rings is 1. The Hall–Kier alpha value is -1.91. The van der Waals surface area contributed by atoms with Crippen LogP contribution in [-0.2, 0) is 13.1 Å². The molecule has 2 aromatic carbocycles. The highest BCUT2D eigenvalue weighted by atomic mass is 35.5. The third kappa shape index (κ3) is 9.19. The number of phenols is 1. The van der Waals surface area contributed by atoms with Crippen molar-refractivity contribution < 1.29 is 5.11 Å². The van der Waals surface area contributed by atoms with E-state index in [2.05, 4.69) is 28.9 Å². The van der Waals surface area contributed by atoms with Crippen LogP contribution in [0.1, 0.15) is 102 Å². The van der Waals surface area contributed by atoms with Crippen LogP contribution in [0, 0.1) is 0 Å². The number of benzene rings is 2. The molecule has 0 amide bonds. The van der Waals surface area contributed by atoms with Gasteiger partial charge in [-0.2, -0.15) is 0 Å². The van der Waals surface area contributed by atoms with E-state index >= 15 is 0 Å². The molecular formula is C30H43Cl2N3O. The minimum absolute atomic E-state index is 0.0585. The summed E-state index contributed by atoms with van der Waals surface area (Å²) >= 11 is 12.2. The maximum absolute atomic E-state index is 10.3. The number of aromatic nitrogens is 2. The van der Waals surface area contributed by atoms with Crippen LogP contribution in [0.5, 0.6) is 5.75 Å². The van der Waals surface area contributed by atoms with Gasteiger partial charge in [-0.25, -0.2) is 4.98 Å². The zero-order valence-electron chi connectivity index (χ0n) is 21.9. The average Bonchev–Trinajstić information content (AvgIpc) is 3.23. The van der Waals surface area contributed by atoms with Gasteiger partial charge in [0.05, 0.1) is 16.1 Å². The number of aromatic hydroxyl groups is 1. The normalized spacial score (nSPS) is 11.4. The van der Waals surface area contributed by atoms with Crippen molar-refractivity contribution in [2.75, 3.05) is 5.32 Å². The van der Waals surface area contributed by atoms with Crippen molar-refractivity contribution in [3.63, 3.8) is 0 Å². The lowest BCUT2D eigenvalue weighted by Gasteiger charge is -2.12. The van der Waals surface area contributed by atoms with Crippen LogP contribution >= 0.6 is 23.2 Å². The molecule has 0 bridgehead atoms. The molecule has 0 fully saturated rings. The highest BCUT2D eigenvalue weighted by molar-refractivity contribution is 6.35. The van der Waals surface area contributed by atoms with E-state index in [-0.39, 0.29) is 10.8 Å². The minimum atomic E-state index is 0.0585. The molecule has 4 nitrogen and oxygen atoms in total. The Morgan fingerprint density at radius 1 is 0.806 bits per heavy atom. The Morgan fingerprint density at radius 2 is 1.39 bits per heavy atom. The molecule has 0 unspecified atom stereocenters. The number of nitrogens with zero attached hydrogens (tertiary/aromatic N) is 2. The first kappa shape index (κ1) is 28.7. The zero-order chi connectivity index (χ0) is 25.6. The van der Waals surface area contributed by atoms with Crippen molar-refractivity contribution in [2.45, 2.75) is 110 Å². The van der Waals surface area contributed by atoms with E-state index in [4.69, 9.17) is 28.2 Å². The van der Waals surface area contributed by atoms with Gasteiger partial charge in [0.25, 0.3) is 0 Å². The van der Waals surface area contributed by atoms with Gasteiger partial charge in [-0.3, -0.25) is 0 Å². The molecule has 0 aliphatic rings. The molecule has 0 aliphatic carbocycles. The number of hydrogen-bond acceptors (Lipinski definition) is 3. The third-order valence-electron chi connectivity index (χ3n) is 6.93. The highest BCUT2D eigenvalue weighted by Gasteiger charge is 2.12. The van der Waals surface area contributed by atoms with Crippen LogP contribution in [-0.4, -0.2) is 14.7 Å². The van der Waals surface area contributed by atoms with Crippen molar-refractivity contribution in [3.05, 3.63) is 52.0 Å². The lowest BCUT2D eigenvalue weighted by Crippen LogP contribution is -2.08. The fourth-order valence-electron chi connectivity index (χ4n) is 4.83. The first-order valence-electron chi connectivity index (χ1n) is 14.0. The first-order valence-corrected chi connectivity index (χ1v) is 14.7. The quantitative estimate of drug-likeness (QED) is 0.160. The van der Waals surface area contributed by atoms with Crippen molar-refractivity contribution in [1.29, 1.82) is 0 Å². The predicted molar refractivity (Wildman–Crippen MR) is 155 cm³/mol. The van der Waals surface area contributed by atoms with E-state index < -0.39 is 0 Å². The lowest BCUT2D eigenvalue weighted by molar-refractivity contribution is 0.469. The number of nitrogens with one attached hydrogen (secondary N) is 1. The maximum Gasteiger partial charge on any atom is 0.204 e. The number of unbranched alkanes of at least 4 members (excludes halogenated alkanes) is 13.